The van der Waals surface area contributed by atoms with Crippen LogP contribution in [-0.2, 0) is 9.59 Å². The van der Waals surface area contributed by atoms with Gasteiger partial charge in [-0.2, -0.15) is 0 Å². The SMILES string of the molecule is O=CN1C2CCC(C2)C1C(=O)O. The number of likely N-dealkylation sites (tertiary alicyclic amines) is 1. The average Bonchev–Trinajstić information content (AvgIpc) is 2.60. The number of rotatable bonds is 2. The van der Waals surface area contributed by atoms with Crippen molar-refractivity contribution in [3.05, 3.63) is 0 Å². The predicted molar refractivity (Wildman–Crippen MR) is 40.5 cm³/mol. The van der Waals surface area contributed by atoms with Gasteiger partial charge < -0.3 is 10.0 Å². The van der Waals surface area contributed by atoms with Gasteiger partial charge in [-0.15, -0.1) is 0 Å². The Balaban J connectivity index is 2.21. The van der Waals surface area contributed by atoms with E-state index >= 15 is 0 Å². The molecule has 66 valence electrons. The monoisotopic (exact) mass is 169 g/mol. The topological polar surface area (TPSA) is 57.6 Å². The van der Waals surface area contributed by atoms with Crippen molar-refractivity contribution in [2.75, 3.05) is 0 Å². The largest absolute Gasteiger partial charge is 0.480 e. The van der Waals surface area contributed by atoms with E-state index < -0.39 is 12.0 Å². The first-order chi connectivity index (χ1) is 5.74. The van der Waals surface area contributed by atoms with Crippen LogP contribution in [0.1, 0.15) is 19.3 Å². The Morgan fingerprint density at radius 3 is 2.75 bits per heavy atom. The zero-order chi connectivity index (χ0) is 8.72. The Kier molecular flexibility index (Phi) is 1.56. The highest BCUT2D eigenvalue weighted by atomic mass is 16.4. The second-order valence-corrected chi connectivity index (χ2v) is 3.56. The van der Waals surface area contributed by atoms with Gasteiger partial charge in [-0.25, -0.2) is 4.79 Å². The summed E-state index contributed by atoms with van der Waals surface area (Å²) in [6.07, 6.45) is 3.51. The van der Waals surface area contributed by atoms with Gasteiger partial charge in [0.25, 0.3) is 0 Å². The normalized spacial score (nSPS) is 38.7. The highest BCUT2D eigenvalue weighted by molar-refractivity contribution is 5.78. The van der Waals surface area contributed by atoms with Gasteiger partial charge in [0.05, 0.1) is 0 Å². The second kappa shape index (κ2) is 2.47. The summed E-state index contributed by atoms with van der Waals surface area (Å²) in [7, 11) is 0. The Labute approximate surface area is 70.2 Å². The molecule has 0 aromatic rings. The first kappa shape index (κ1) is 7.58. The second-order valence-electron chi connectivity index (χ2n) is 3.56. The lowest BCUT2D eigenvalue weighted by Gasteiger charge is -2.28. The fraction of sp³-hybridized carbons (Fsp3) is 0.750. The molecule has 1 amide bonds. The molecule has 3 unspecified atom stereocenters. The highest BCUT2D eigenvalue weighted by Crippen LogP contribution is 2.41. The number of aliphatic carboxylic acids is 1. The molecule has 1 N–H and O–H groups in total. The maximum Gasteiger partial charge on any atom is 0.326 e. The third-order valence-corrected chi connectivity index (χ3v) is 3.01. The number of piperidine rings is 1. The van der Waals surface area contributed by atoms with Crippen molar-refractivity contribution in [1.82, 2.24) is 4.90 Å². The summed E-state index contributed by atoms with van der Waals surface area (Å²) >= 11 is 0. The van der Waals surface area contributed by atoms with Gasteiger partial charge >= 0.3 is 5.97 Å². The van der Waals surface area contributed by atoms with E-state index in [0.717, 1.165) is 19.3 Å². The zero-order valence-electron chi connectivity index (χ0n) is 6.64. The summed E-state index contributed by atoms with van der Waals surface area (Å²) in [6.45, 7) is 0. The van der Waals surface area contributed by atoms with Crippen molar-refractivity contribution in [3.8, 4) is 0 Å². The van der Waals surface area contributed by atoms with Crippen molar-refractivity contribution < 1.29 is 14.7 Å². The van der Waals surface area contributed by atoms with Crippen LogP contribution in [-0.4, -0.2) is 34.5 Å². The van der Waals surface area contributed by atoms with E-state index in [0.29, 0.717) is 6.41 Å². The molecule has 2 bridgehead atoms. The van der Waals surface area contributed by atoms with Crippen LogP contribution in [0.3, 0.4) is 0 Å². The number of carbonyl (C=O) groups is 2. The van der Waals surface area contributed by atoms with Crippen molar-refractivity contribution in [1.29, 1.82) is 0 Å². The summed E-state index contributed by atoms with van der Waals surface area (Å²) in [5, 5.41) is 8.84. The minimum Gasteiger partial charge on any atom is -0.480 e. The molecule has 2 aliphatic rings. The minimum atomic E-state index is -0.852. The fourth-order valence-corrected chi connectivity index (χ4v) is 2.50. The summed E-state index contributed by atoms with van der Waals surface area (Å²) in [5.41, 5.74) is 0. The lowest BCUT2D eigenvalue weighted by atomic mass is 9.99. The number of hydrogen-bond donors (Lipinski definition) is 1. The van der Waals surface area contributed by atoms with Crippen LogP contribution in [0.25, 0.3) is 0 Å². The molecule has 1 saturated carbocycles. The maximum atomic E-state index is 10.8. The quantitative estimate of drug-likeness (QED) is 0.595. The van der Waals surface area contributed by atoms with Crippen LogP contribution in [0.2, 0.25) is 0 Å². The Hall–Kier alpha value is -1.06. The molecule has 1 heterocycles. The number of fused-ring (bicyclic) bond motifs is 2. The molecule has 1 aliphatic heterocycles. The summed E-state index contributed by atoms with van der Waals surface area (Å²) in [5.74, 6) is -0.646. The highest BCUT2D eigenvalue weighted by Gasteiger charge is 2.48. The lowest BCUT2D eigenvalue weighted by molar-refractivity contribution is -0.148. The fourth-order valence-electron chi connectivity index (χ4n) is 2.50. The first-order valence-electron chi connectivity index (χ1n) is 4.19. The molecule has 0 spiro atoms. The molecular weight excluding hydrogens is 158 g/mol. The van der Waals surface area contributed by atoms with Crippen LogP contribution in [0.5, 0.6) is 0 Å². The summed E-state index contributed by atoms with van der Waals surface area (Å²) in [6, 6.07) is -0.338. The van der Waals surface area contributed by atoms with E-state index in [9.17, 15) is 9.59 Å². The van der Waals surface area contributed by atoms with Crippen molar-refractivity contribution in [2.45, 2.75) is 31.3 Å². The Bertz CT molecular complexity index is 228. The third kappa shape index (κ3) is 0.838. The van der Waals surface area contributed by atoms with Gasteiger partial charge in [-0.3, -0.25) is 4.79 Å². The van der Waals surface area contributed by atoms with Gasteiger partial charge in [-0.1, -0.05) is 0 Å². The van der Waals surface area contributed by atoms with Crippen LogP contribution in [0.4, 0.5) is 0 Å². The number of hydrogen-bond acceptors (Lipinski definition) is 2. The molecule has 0 radical (unpaired) electrons. The van der Waals surface area contributed by atoms with E-state index in [-0.39, 0.29) is 12.0 Å². The minimum absolute atomic E-state index is 0.202. The standard InChI is InChI=1S/C8H11NO3/c10-4-9-6-2-1-5(3-6)7(9)8(11)12/h4-7H,1-3H2,(H,11,12). The predicted octanol–water partition coefficient (Wildman–Crippen LogP) is 0.0803. The number of carboxylic acids is 1. The zero-order valence-corrected chi connectivity index (χ0v) is 6.64. The molecule has 4 nitrogen and oxygen atoms in total. The van der Waals surface area contributed by atoms with Gasteiger partial charge in [0, 0.05) is 6.04 Å². The maximum absolute atomic E-state index is 10.8. The molecular formula is C8H11NO3. The number of nitrogens with zero attached hydrogens (tertiary/aromatic N) is 1. The van der Waals surface area contributed by atoms with Crippen molar-refractivity contribution in [2.24, 2.45) is 5.92 Å². The van der Waals surface area contributed by atoms with Gasteiger partial charge in [0.15, 0.2) is 0 Å². The molecule has 4 heteroatoms. The Morgan fingerprint density at radius 2 is 2.25 bits per heavy atom. The van der Waals surface area contributed by atoms with Crippen molar-refractivity contribution in [3.63, 3.8) is 0 Å². The van der Waals surface area contributed by atoms with Gasteiger partial charge in [0.1, 0.15) is 6.04 Å². The third-order valence-electron chi connectivity index (χ3n) is 3.01. The summed E-state index contributed by atoms with van der Waals surface area (Å²) in [4.78, 5) is 22.8. The van der Waals surface area contributed by atoms with E-state index in [2.05, 4.69) is 0 Å². The van der Waals surface area contributed by atoms with E-state index in [1.54, 1.807) is 0 Å². The average molecular weight is 169 g/mol. The molecule has 1 aliphatic carbocycles. The Morgan fingerprint density at radius 1 is 1.50 bits per heavy atom. The number of carboxylic acid groups (broad SMARTS) is 1. The first-order valence-corrected chi connectivity index (χ1v) is 4.19. The molecule has 1 saturated heterocycles. The van der Waals surface area contributed by atoms with Crippen LogP contribution in [0, 0.1) is 5.92 Å². The molecule has 2 rings (SSSR count). The van der Waals surface area contributed by atoms with Crippen LogP contribution in [0.15, 0.2) is 0 Å². The summed E-state index contributed by atoms with van der Waals surface area (Å²) < 4.78 is 0. The van der Waals surface area contributed by atoms with Crippen LogP contribution < -0.4 is 0 Å². The van der Waals surface area contributed by atoms with Gasteiger partial charge in [-0.05, 0) is 25.2 Å². The smallest absolute Gasteiger partial charge is 0.326 e. The lowest BCUT2D eigenvalue weighted by Crippen LogP contribution is -2.44. The molecule has 0 aromatic carbocycles. The molecule has 12 heavy (non-hydrogen) atoms. The molecule has 2 fully saturated rings. The van der Waals surface area contributed by atoms with Gasteiger partial charge in [0.2, 0.25) is 6.41 Å². The van der Waals surface area contributed by atoms with Crippen molar-refractivity contribution >= 4 is 12.4 Å². The molecule has 3 atom stereocenters. The van der Waals surface area contributed by atoms with E-state index in [4.69, 9.17) is 5.11 Å². The number of carbonyl (C=O) groups excluding carboxylic acids is 1. The van der Waals surface area contributed by atoms with Crippen LogP contribution >= 0.6 is 0 Å². The number of amides is 1. The van der Waals surface area contributed by atoms with E-state index in [1.165, 1.54) is 4.90 Å². The van der Waals surface area contributed by atoms with E-state index in [1.807, 2.05) is 0 Å². The molecule has 0 aromatic heterocycles.